The van der Waals surface area contributed by atoms with Gasteiger partial charge < -0.3 is 0 Å². The van der Waals surface area contributed by atoms with Crippen LogP contribution in [0.1, 0.15) is 20.3 Å². The van der Waals surface area contributed by atoms with E-state index < -0.39 is 20.9 Å². The van der Waals surface area contributed by atoms with Crippen LogP contribution in [-0.2, 0) is 9.84 Å². The summed E-state index contributed by atoms with van der Waals surface area (Å²) >= 11 is 0. The standard InChI is InChI=1S/C13H17FO2S/c1-4-12(9-10(2)3)17(15,16)13-7-5-11(14)6-8-13/h4-8,10,12H,1,9H2,2-3H3. The summed E-state index contributed by atoms with van der Waals surface area (Å²) in [4.78, 5) is 0.143. The van der Waals surface area contributed by atoms with Gasteiger partial charge in [-0.1, -0.05) is 19.9 Å². The van der Waals surface area contributed by atoms with Crippen molar-refractivity contribution in [3.05, 3.63) is 42.7 Å². The van der Waals surface area contributed by atoms with Crippen LogP contribution in [0.15, 0.2) is 41.8 Å². The molecule has 0 aliphatic carbocycles. The lowest BCUT2D eigenvalue weighted by Crippen LogP contribution is -2.21. The van der Waals surface area contributed by atoms with E-state index in [0.29, 0.717) is 6.42 Å². The van der Waals surface area contributed by atoms with Gasteiger partial charge in [-0.15, -0.1) is 6.58 Å². The molecule has 0 spiro atoms. The molecule has 0 N–H and O–H groups in total. The SMILES string of the molecule is C=CC(CC(C)C)S(=O)(=O)c1ccc(F)cc1. The summed E-state index contributed by atoms with van der Waals surface area (Å²) < 4.78 is 37.2. The molecule has 0 fully saturated rings. The van der Waals surface area contributed by atoms with Crippen LogP contribution in [0.5, 0.6) is 0 Å². The third-order valence-corrected chi connectivity index (χ3v) is 4.62. The van der Waals surface area contributed by atoms with E-state index in [1.807, 2.05) is 13.8 Å². The Hall–Kier alpha value is -1.16. The second-order valence-electron chi connectivity index (χ2n) is 4.40. The quantitative estimate of drug-likeness (QED) is 0.599. The van der Waals surface area contributed by atoms with E-state index in [-0.39, 0.29) is 10.8 Å². The molecule has 1 unspecified atom stereocenters. The predicted octanol–water partition coefficient (Wildman–Crippen LogP) is 3.20. The summed E-state index contributed by atoms with van der Waals surface area (Å²) in [5.74, 6) is -0.184. The van der Waals surface area contributed by atoms with Crippen LogP contribution in [0.25, 0.3) is 0 Å². The topological polar surface area (TPSA) is 34.1 Å². The van der Waals surface area contributed by atoms with Gasteiger partial charge >= 0.3 is 0 Å². The Labute approximate surface area is 102 Å². The van der Waals surface area contributed by atoms with Crippen LogP contribution in [0.2, 0.25) is 0 Å². The molecule has 1 aromatic rings. The average Bonchev–Trinajstić information content (AvgIpc) is 2.26. The maximum absolute atomic E-state index is 12.8. The van der Waals surface area contributed by atoms with E-state index in [2.05, 4.69) is 6.58 Å². The van der Waals surface area contributed by atoms with Gasteiger partial charge in [0.1, 0.15) is 5.82 Å². The summed E-state index contributed by atoms with van der Waals surface area (Å²) in [6.07, 6.45) is 1.96. The number of sulfone groups is 1. The molecule has 0 aliphatic rings. The van der Waals surface area contributed by atoms with E-state index >= 15 is 0 Å². The van der Waals surface area contributed by atoms with Crippen LogP contribution >= 0.6 is 0 Å². The second-order valence-corrected chi connectivity index (χ2v) is 6.57. The minimum absolute atomic E-state index is 0.143. The van der Waals surface area contributed by atoms with Gasteiger partial charge in [0.15, 0.2) is 9.84 Å². The largest absolute Gasteiger partial charge is 0.223 e. The third-order valence-electron chi connectivity index (χ3n) is 2.51. The summed E-state index contributed by atoms with van der Waals surface area (Å²) in [6.45, 7) is 7.48. The summed E-state index contributed by atoms with van der Waals surface area (Å²) in [5, 5.41) is -0.618. The lowest BCUT2D eigenvalue weighted by Gasteiger charge is -2.15. The van der Waals surface area contributed by atoms with Crippen LogP contribution in [-0.4, -0.2) is 13.7 Å². The number of rotatable bonds is 5. The first-order chi connectivity index (χ1) is 7.87. The molecule has 1 atom stereocenters. The normalized spacial score (nSPS) is 13.6. The van der Waals surface area contributed by atoms with Crippen LogP contribution in [0.4, 0.5) is 4.39 Å². The van der Waals surface area contributed by atoms with Crippen molar-refractivity contribution in [1.29, 1.82) is 0 Å². The summed E-state index contributed by atoms with van der Waals surface area (Å²) in [6, 6.07) is 4.90. The zero-order valence-corrected chi connectivity index (χ0v) is 10.9. The maximum Gasteiger partial charge on any atom is 0.184 e. The first-order valence-electron chi connectivity index (χ1n) is 5.50. The van der Waals surface area contributed by atoms with Crippen molar-refractivity contribution in [1.82, 2.24) is 0 Å². The fraction of sp³-hybridized carbons (Fsp3) is 0.385. The monoisotopic (exact) mass is 256 g/mol. The highest BCUT2D eigenvalue weighted by atomic mass is 32.2. The Morgan fingerprint density at radius 2 is 1.82 bits per heavy atom. The molecule has 17 heavy (non-hydrogen) atoms. The summed E-state index contributed by atoms with van der Waals surface area (Å²) in [5.41, 5.74) is 0. The first kappa shape index (κ1) is 13.9. The van der Waals surface area contributed by atoms with Crippen molar-refractivity contribution in [2.45, 2.75) is 30.4 Å². The third kappa shape index (κ3) is 3.40. The number of hydrogen-bond donors (Lipinski definition) is 0. The Balaban J connectivity index is 3.08. The number of halogens is 1. The molecule has 2 nitrogen and oxygen atoms in total. The van der Waals surface area contributed by atoms with E-state index in [1.54, 1.807) is 0 Å². The van der Waals surface area contributed by atoms with Crippen molar-refractivity contribution in [3.8, 4) is 0 Å². The van der Waals surface area contributed by atoms with Crippen molar-refractivity contribution in [2.75, 3.05) is 0 Å². The lowest BCUT2D eigenvalue weighted by atomic mass is 10.1. The molecule has 0 aliphatic heterocycles. The van der Waals surface area contributed by atoms with Gasteiger partial charge in [0, 0.05) is 0 Å². The van der Waals surface area contributed by atoms with Gasteiger partial charge in [0.05, 0.1) is 10.1 Å². The molecule has 1 rings (SSSR count). The Bertz CT molecular complexity index is 475. The minimum atomic E-state index is -3.45. The Kier molecular flexibility index (Phi) is 4.46. The predicted molar refractivity (Wildman–Crippen MR) is 67.0 cm³/mol. The Morgan fingerprint density at radius 3 is 2.24 bits per heavy atom. The van der Waals surface area contributed by atoms with Gasteiger partial charge in [-0.25, -0.2) is 12.8 Å². The first-order valence-corrected chi connectivity index (χ1v) is 7.04. The van der Waals surface area contributed by atoms with E-state index in [4.69, 9.17) is 0 Å². The average molecular weight is 256 g/mol. The van der Waals surface area contributed by atoms with Gasteiger partial charge in [-0.05, 0) is 36.6 Å². The summed E-state index contributed by atoms with van der Waals surface area (Å²) in [7, 11) is -3.45. The van der Waals surface area contributed by atoms with Crippen molar-refractivity contribution < 1.29 is 12.8 Å². The lowest BCUT2D eigenvalue weighted by molar-refractivity contribution is 0.550. The maximum atomic E-state index is 12.8. The molecule has 1 aromatic carbocycles. The molecule has 0 radical (unpaired) electrons. The molecule has 0 aromatic heterocycles. The van der Waals surface area contributed by atoms with Gasteiger partial charge in [-0.2, -0.15) is 0 Å². The van der Waals surface area contributed by atoms with Crippen molar-refractivity contribution in [2.24, 2.45) is 5.92 Å². The molecule has 0 saturated heterocycles. The molecule has 0 heterocycles. The van der Waals surface area contributed by atoms with Gasteiger partial charge in [0.25, 0.3) is 0 Å². The van der Waals surface area contributed by atoms with Crippen LogP contribution < -0.4 is 0 Å². The van der Waals surface area contributed by atoms with E-state index in [0.717, 1.165) is 12.1 Å². The zero-order chi connectivity index (χ0) is 13.1. The van der Waals surface area contributed by atoms with Crippen molar-refractivity contribution in [3.63, 3.8) is 0 Å². The van der Waals surface area contributed by atoms with Gasteiger partial charge in [-0.3, -0.25) is 0 Å². The van der Waals surface area contributed by atoms with Crippen LogP contribution in [0.3, 0.4) is 0 Å². The molecule has 0 amide bonds. The molecule has 4 heteroatoms. The highest BCUT2D eigenvalue weighted by Gasteiger charge is 2.25. The van der Waals surface area contributed by atoms with Crippen molar-refractivity contribution >= 4 is 9.84 Å². The molecule has 0 bridgehead atoms. The van der Waals surface area contributed by atoms with Crippen LogP contribution in [0, 0.1) is 11.7 Å². The number of hydrogen-bond acceptors (Lipinski definition) is 2. The van der Waals surface area contributed by atoms with E-state index in [9.17, 15) is 12.8 Å². The molecule has 0 saturated carbocycles. The highest BCUT2D eigenvalue weighted by Crippen LogP contribution is 2.22. The minimum Gasteiger partial charge on any atom is -0.223 e. The fourth-order valence-electron chi connectivity index (χ4n) is 1.61. The Morgan fingerprint density at radius 1 is 1.29 bits per heavy atom. The van der Waals surface area contributed by atoms with E-state index in [1.165, 1.54) is 18.2 Å². The molecular weight excluding hydrogens is 239 g/mol. The smallest absolute Gasteiger partial charge is 0.184 e. The zero-order valence-electron chi connectivity index (χ0n) is 10.1. The highest BCUT2D eigenvalue weighted by molar-refractivity contribution is 7.92. The second kappa shape index (κ2) is 5.45. The fourth-order valence-corrected chi connectivity index (χ4v) is 3.37. The molecule has 94 valence electrons. The number of benzene rings is 1. The van der Waals surface area contributed by atoms with Gasteiger partial charge in [0.2, 0.25) is 0 Å². The molecular formula is C13H17FO2S.